The summed E-state index contributed by atoms with van der Waals surface area (Å²) in [5, 5.41) is 3.77. The van der Waals surface area contributed by atoms with Crippen molar-refractivity contribution >= 4 is 27.3 Å². The Bertz CT molecular complexity index is 513. The second kappa shape index (κ2) is 5.60. The predicted octanol–water partition coefficient (Wildman–Crippen LogP) is 3.63. The molecule has 0 fully saturated rings. The largest absolute Gasteiger partial charge is 0.485 e. The normalized spacial score (nSPS) is 10.5. The van der Waals surface area contributed by atoms with Crippen molar-refractivity contribution in [3.8, 4) is 5.75 Å². The lowest BCUT2D eigenvalue weighted by Gasteiger charge is -2.08. The summed E-state index contributed by atoms with van der Waals surface area (Å²) >= 11 is 5.05. The van der Waals surface area contributed by atoms with Crippen molar-refractivity contribution in [2.24, 2.45) is 0 Å². The van der Waals surface area contributed by atoms with Gasteiger partial charge in [-0.2, -0.15) is 0 Å². The number of aromatic nitrogens is 2. The average molecular weight is 313 g/mol. The molecule has 3 nitrogen and oxygen atoms in total. The second-order valence-electron chi connectivity index (χ2n) is 3.68. The van der Waals surface area contributed by atoms with E-state index in [1.807, 2.05) is 31.4 Å². The smallest absolute Gasteiger partial charge is 0.142 e. The van der Waals surface area contributed by atoms with Crippen LogP contribution in [0.25, 0.3) is 0 Å². The molecule has 5 heteroatoms. The number of hydrogen-bond acceptors (Lipinski definition) is 4. The summed E-state index contributed by atoms with van der Waals surface area (Å²) < 4.78 is 5.73. The van der Waals surface area contributed by atoms with Gasteiger partial charge in [-0.25, -0.2) is 4.98 Å². The minimum Gasteiger partial charge on any atom is -0.485 e. The lowest BCUT2D eigenvalue weighted by molar-refractivity contribution is 0.298. The van der Waals surface area contributed by atoms with Crippen LogP contribution in [-0.2, 0) is 11.9 Å². The number of halogens is 1. The van der Waals surface area contributed by atoms with Crippen LogP contribution >= 0.6 is 27.3 Å². The Morgan fingerprint density at radius 2 is 2.12 bits per heavy atom. The number of aryl methyl sites for hydroxylation is 2. The maximum atomic E-state index is 5.73. The number of rotatable bonds is 4. The highest BCUT2D eigenvalue weighted by molar-refractivity contribution is 9.08. The molecular formula is C12H13BrN2OS. The quantitative estimate of drug-likeness (QED) is 0.809. The zero-order valence-corrected chi connectivity index (χ0v) is 12.1. The molecule has 0 saturated carbocycles. The Morgan fingerprint density at radius 1 is 1.29 bits per heavy atom. The zero-order chi connectivity index (χ0) is 12.3. The molecule has 0 saturated heterocycles. The molecule has 0 spiro atoms. The van der Waals surface area contributed by atoms with Crippen LogP contribution in [-0.4, -0.2) is 9.97 Å². The number of pyridine rings is 1. The van der Waals surface area contributed by atoms with Crippen molar-refractivity contribution in [3.63, 3.8) is 0 Å². The fourth-order valence-corrected chi connectivity index (χ4v) is 2.45. The highest BCUT2D eigenvalue weighted by Crippen LogP contribution is 2.21. The first kappa shape index (κ1) is 12.5. The van der Waals surface area contributed by atoms with Crippen LogP contribution in [0.15, 0.2) is 17.5 Å². The highest BCUT2D eigenvalue weighted by atomic mass is 79.9. The van der Waals surface area contributed by atoms with Gasteiger partial charge in [-0.3, -0.25) is 4.98 Å². The van der Waals surface area contributed by atoms with E-state index in [1.165, 1.54) is 0 Å². The molecule has 0 bridgehead atoms. The molecule has 0 aliphatic rings. The SMILES string of the molecule is Cc1ccc(OCc2csc(C)n2)c(CBr)n1. The van der Waals surface area contributed by atoms with Gasteiger partial charge in [0, 0.05) is 16.4 Å². The third-order valence-electron chi connectivity index (χ3n) is 2.24. The summed E-state index contributed by atoms with van der Waals surface area (Å²) in [6.07, 6.45) is 0. The minimum absolute atomic E-state index is 0.495. The van der Waals surface area contributed by atoms with Crippen LogP contribution in [0.4, 0.5) is 0 Å². The van der Waals surface area contributed by atoms with E-state index in [-0.39, 0.29) is 0 Å². The molecule has 0 unspecified atom stereocenters. The van der Waals surface area contributed by atoms with E-state index in [2.05, 4.69) is 25.9 Å². The van der Waals surface area contributed by atoms with Gasteiger partial charge in [-0.15, -0.1) is 11.3 Å². The Kier molecular flexibility index (Phi) is 4.12. The maximum absolute atomic E-state index is 5.73. The van der Waals surface area contributed by atoms with Crippen molar-refractivity contribution in [1.82, 2.24) is 9.97 Å². The third-order valence-corrected chi connectivity index (χ3v) is 3.59. The third kappa shape index (κ3) is 3.26. The van der Waals surface area contributed by atoms with Crippen molar-refractivity contribution < 1.29 is 4.74 Å². The Labute approximate surface area is 113 Å². The van der Waals surface area contributed by atoms with Crippen molar-refractivity contribution in [3.05, 3.63) is 39.6 Å². The standard InChI is InChI=1S/C12H13BrN2OS/c1-8-3-4-12(11(5-13)14-8)16-6-10-7-17-9(2)15-10/h3-4,7H,5-6H2,1-2H3. The van der Waals surface area contributed by atoms with E-state index < -0.39 is 0 Å². The van der Waals surface area contributed by atoms with Gasteiger partial charge >= 0.3 is 0 Å². The molecule has 0 amide bonds. The molecule has 2 aromatic heterocycles. The van der Waals surface area contributed by atoms with Gasteiger partial charge in [-0.05, 0) is 26.0 Å². The van der Waals surface area contributed by atoms with Crippen LogP contribution in [0.5, 0.6) is 5.75 Å². The summed E-state index contributed by atoms with van der Waals surface area (Å²) in [5.74, 6) is 0.818. The van der Waals surface area contributed by atoms with Crippen molar-refractivity contribution in [1.29, 1.82) is 0 Å². The molecule has 0 N–H and O–H groups in total. The summed E-state index contributed by atoms with van der Waals surface area (Å²) in [6, 6.07) is 3.91. The van der Waals surface area contributed by atoms with E-state index >= 15 is 0 Å². The molecule has 17 heavy (non-hydrogen) atoms. The fourth-order valence-electron chi connectivity index (χ4n) is 1.45. The summed E-state index contributed by atoms with van der Waals surface area (Å²) in [6.45, 7) is 4.46. The zero-order valence-electron chi connectivity index (χ0n) is 9.74. The highest BCUT2D eigenvalue weighted by Gasteiger charge is 2.06. The monoisotopic (exact) mass is 312 g/mol. The summed E-state index contributed by atoms with van der Waals surface area (Å²) in [4.78, 5) is 8.78. The lowest BCUT2D eigenvalue weighted by Crippen LogP contribution is -2.00. The molecule has 0 radical (unpaired) electrons. The second-order valence-corrected chi connectivity index (χ2v) is 5.30. The first-order valence-corrected chi connectivity index (χ1v) is 7.25. The Morgan fingerprint density at radius 3 is 2.76 bits per heavy atom. The van der Waals surface area contributed by atoms with Gasteiger partial charge in [0.2, 0.25) is 0 Å². The Hall–Kier alpha value is -0.940. The Balaban J connectivity index is 2.08. The van der Waals surface area contributed by atoms with Crippen LogP contribution < -0.4 is 4.74 Å². The number of nitrogens with zero attached hydrogens (tertiary/aromatic N) is 2. The molecule has 0 aliphatic carbocycles. The number of hydrogen-bond donors (Lipinski definition) is 0. The number of ether oxygens (including phenoxy) is 1. The molecule has 0 aromatic carbocycles. The van der Waals surface area contributed by atoms with E-state index in [4.69, 9.17) is 4.74 Å². The number of thiazole rings is 1. The summed E-state index contributed by atoms with van der Waals surface area (Å²) in [5.41, 5.74) is 2.89. The van der Waals surface area contributed by atoms with Crippen LogP contribution in [0.2, 0.25) is 0 Å². The lowest BCUT2D eigenvalue weighted by atomic mass is 10.3. The predicted molar refractivity (Wildman–Crippen MR) is 72.8 cm³/mol. The number of alkyl halides is 1. The summed E-state index contributed by atoms with van der Waals surface area (Å²) in [7, 11) is 0. The molecular weight excluding hydrogens is 300 g/mol. The molecule has 2 aromatic rings. The average Bonchev–Trinajstić information content (AvgIpc) is 2.73. The molecule has 2 rings (SSSR count). The first-order chi connectivity index (χ1) is 8.19. The van der Waals surface area contributed by atoms with Gasteiger partial charge in [0.05, 0.1) is 16.4 Å². The van der Waals surface area contributed by atoms with Crippen molar-refractivity contribution in [2.75, 3.05) is 0 Å². The van der Waals surface area contributed by atoms with Gasteiger partial charge in [0.15, 0.2) is 0 Å². The fraction of sp³-hybridized carbons (Fsp3) is 0.333. The van der Waals surface area contributed by atoms with E-state index in [0.717, 1.165) is 27.8 Å². The van der Waals surface area contributed by atoms with E-state index in [0.29, 0.717) is 11.9 Å². The van der Waals surface area contributed by atoms with E-state index in [1.54, 1.807) is 11.3 Å². The van der Waals surface area contributed by atoms with Crippen LogP contribution in [0, 0.1) is 13.8 Å². The first-order valence-electron chi connectivity index (χ1n) is 5.25. The topological polar surface area (TPSA) is 35.0 Å². The van der Waals surface area contributed by atoms with Crippen LogP contribution in [0.3, 0.4) is 0 Å². The van der Waals surface area contributed by atoms with Crippen molar-refractivity contribution in [2.45, 2.75) is 25.8 Å². The molecule has 90 valence electrons. The van der Waals surface area contributed by atoms with E-state index in [9.17, 15) is 0 Å². The maximum Gasteiger partial charge on any atom is 0.142 e. The molecule has 0 atom stereocenters. The van der Waals surface area contributed by atoms with Gasteiger partial charge in [-0.1, -0.05) is 15.9 Å². The van der Waals surface area contributed by atoms with Gasteiger partial charge < -0.3 is 4.74 Å². The van der Waals surface area contributed by atoms with Crippen LogP contribution in [0.1, 0.15) is 22.1 Å². The van der Waals surface area contributed by atoms with Gasteiger partial charge in [0.25, 0.3) is 0 Å². The van der Waals surface area contributed by atoms with Gasteiger partial charge in [0.1, 0.15) is 12.4 Å². The minimum atomic E-state index is 0.495. The molecule has 0 aliphatic heterocycles. The molecule has 2 heterocycles.